The molecule has 3 nitrogen and oxygen atoms in total. The number of nitrogens with two attached hydrogens (primary N) is 1. The molecular weight excluding hydrogens is 350 g/mol. The van der Waals surface area contributed by atoms with Gasteiger partial charge in [-0.3, -0.25) is 4.68 Å². The number of nitrogen functional groups attached to an aromatic ring is 1. The van der Waals surface area contributed by atoms with Crippen molar-refractivity contribution >= 4 is 33.3 Å². The Labute approximate surface area is 136 Å². The summed E-state index contributed by atoms with van der Waals surface area (Å²) < 4.78 is 2.70. The van der Waals surface area contributed by atoms with Crippen LogP contribution in [0.25, 0.3) is 22.4 Å². The van der Waals surface area contributed by atoms with Gasteiger partial charge in [-0.1, -0.05) is 51.8 Å². The summed E-state index contributed by atoms with van der Waals surface area (Å²) in [5, 5.41) is 5.26. The standard InChI is InChI=1S/C16H13BrClN3/c1-21-16(19)14(10-5-7-13(18)8-6-10)15(20-21)11-3-2-4-12(17)9-11/h2-9H,19H2,1H3. The maximum atomic E-state index is 6.20. The van der Waals surface area contributed by atoms with E-state index in [1.807, 2.05) is 55.6 Å². The summed E-state index contributed by atoms with van der Waals surface area (Å²) >= 11 is 9.46. The molecule has 2 N–H and O–H groups in total. The minimum Gasteiger partial charge on any atom is -0.383 e. The van der Waals surface area contributed by atoms with Crippen molar-refractivity contribution < 1.29 is 0 Å². The third kappa shape index (κ3) is 2.69. The molecule has 1 aromatic heterocycles. The molecule has 0 bridgehead atoms. The molecule has 0 amide bonds. The van der Waals surface area contributed by atoms with E-state index < -0.39 is 0 Å². The van der Waals surface area contributed by atoms with Crippen molar-refractivity contribution in [3.05, 3.63) is 58.0 Å². The fourth-order valence-corrected chi connectivity index (χ4v) is 2.80. The lowest BCUT2D eigenvalue weighted by molar-refractivity contribution is 0.782. The number of anilines is 1. The molecule has 0 saturated heterocycles. The van der Waals surface area contributed by atoms with E-state index in [0.717, 1.165) is 26.9 Å². The Morgan fingerprint density at radius 1 is 1.10 bits per heavy atom. The van der Waals surface area contributed by atoms with Crippen molar-refractivity contribution in [3.8, 4) is 22.4 Å². The maximum Gasteiger partial charge on any atom is 0.129 e. The van der Waals surface area contributed by atoms with Crippen LogP contribution in [0, 0.1) is 0 Å². The van der Waals surface area contributed by atoms with Gasteiger partial charge in [0, 0.05) is 22.1 Å². The second-order valence-corrected chi connectivity index (χ2v) is 6.10. The van der Waals surface area contributed by atoms with E-state index >= 15 is 0 Å². The fourth-order valence-electron chi connectivity index (χ4n) is 2.28. The molecule has 0 unspecified atom stereocenters. The number of aryl methyl sites for hydroxylation is 1. The largest absolute Gasteiger partial charge is 0.383 e. The van der Waals surface area contributed by atoms with Crippen LogP contribution in [-0.2, 0) is 7.05 Å². The molecule has 0 atom stereocenters. The van der Waals surface area contributed by atoms with Gasteiger partial charge >= 0.3 is 0 Å². The number of benzene rings is 2. The molecule has 0 aliphatic carbocycles. The van der Waals surface area contributed by atoms with Crippen molar-refractivity contribution in [1.29, 1.82) is 0 Å². The van der Waals surface area contributed by atoms with Crippen LogP contribution < -0.4 is 5.73 Å². The van der Waals surface area contributed by atoms with Crippen LogP contribution in [-0.4, -0.2) is 9.78 Å². The SMILES string of the molecule is Cn1nc(-c2cccc(Br)c2)c(-c2ccc(Cl)cc2)c1N. The number of nitrogens with zero attached hydrogens (tertiary/aromatic N) is 2. The van der Waals surface area contributed by atoms with Crippen LogP contribution in [0.1, 0.15) is 0 Å². The maximum absolute atomic E-state index is 6.20. The number of halogens is 2. The third-order valence-electron chi connectivity index (χ3n) is 3.32. The Bertz CT molecular complexity index is 794. The summed E-state index contributed by atoms with van der Waals surface area (Å²) in [4.78, 5) is 0. The van der Waals surface area contributed by atoms with Crippen molar-refractivity contribution in [2.24, 2.45) is 7.05 Å². The second kappa shape index (κ2) is 5.54. The first-order valence-electron chi connectivity index (χ1n) is 6.40. The predicted octanol–water partition coefficient (Wildman–Crippen LogP) is 4.75. The van der Waals surface area contributed by atoms with Crippen LogP contribution in [0.2, 0.25) is 5.02 Å². The molecule has 0 spiro atoms. The monoisotopic (exact) mass is 361 g/mol. The first-order chi connectivity index (χ1) is 10.1. The van der Waals surface area contributed by atoms with Gasteiger partial charge in [-0.25, -0.2) is 0 Å². The van der Waals surface area contributed by atoms with E-state index in [-0.39, 0.29) is 0 Å². The molecule has 3 aromatic rings. The molecule has 2 aromatic carbocycles. The van der Waals surface area contributed by atoms with Crippen LogP contribution in [0.3, 0.4) is 0 Å². The van der Waals surface area contributed by atoms with E-state index in [4.69, 9.17) is 17.3 Å². The molecule has 5 heteroatoms. The van der Waals surface area contributed by atoms with E-state index in [9.17, 15) is 0 Å². The predicted molar refractivity (Wildman–Crippen MR) is 91.2 cm³/mol. The van der Waals surface area contributed by atoms with Gasteiger partial charge in [-0.05, 0) is 29.8 Å². The Morgan fingerprint density at radius 2 is 1.81 bits per heavy atom. The van der Waals surface area contributed by atoms with Gasteiger partial charge in [0.25, 0.3) is 0 Å². The highest BCUT2D eigenvalue weighted by atomic mass is 79.9. The summed E-state index contributed by atoms with van der Waals surface area (Å²) in [5.41, 5.74) is 10.0. The highest BCUT2D eigenvalue weighted by Gasteiger charge is 2.17. The molecular formula is C16H13BrClN3. The van der Waals surface area contributed by atoms with Crippen LogP contribution >= 0.6 is 27.5 Å². The van der Waals surface area contributed by atoms with E-state index in [1.165, 1.54) is 0 Å². The smallest absolute Gasteiger partial charge is 0.129 e. The Kier molecular flexibility index (Phi) is 3.74. The lowest BCUT2D eigenvalue weighted by Crippen LogP contribution is -1.97. The normalized spacial score (nSPS) is 10.8. The minimum atomic E-state index is 0.632. The first-order valence-corrected chi connectivity index (χ1v) is 7.57. The number of aromatic nitrogens is 2. The quantitative estimate of drug-likeness (QED) is 0.715. The lowest BCUT2D eigenvalue weighted by Gasteiger charge is -2.05. The summed E-state index contributed by atoms with van der Waals surface area (Å²) in [6.07, 6.45) is 0. The summed E-state index contributed by atoms with van der Waals surface area (Å²) in [6, 6.07) is 15.6. The van der Waals surface area contributed by atoms with Gasteiger partial charge in [-0.15, -0.1) is 0 Å². The Balaban J connectivity index is 2.23. The molecule has 0 saturated carbocycles. The van der Waals surface area contributed by atoms with Gasteiger partial charge < -0.3 is 5.73 Å². The molecule has 1 heterocycles. The van der Waals surface area contributed by atoms with Gasteiger partial charge in [0.2, 0.25) is 0 Å². The summed E-state index contributed by atoms with van der Waals surface area (Å²) in [5.74, 6) is 0.632. The zero-order chi connectivity index (χ0) is 15.0. The second-order valence-electron chi connectivity index (χ2n) is 4.75. The molecule has 106 valence electrons. The van der Waals surface area contributed by atoms with Crippen LogP contribution in [0.5, 0.6) is 0 Å². The summed E-state index contributed by atoms with van der Waals surface area (Å²) in [6.45, 7) is 0. The molecule has 0 aliphatic rings. The van der Waals surface area contributed by atoms with Crippen molar-refractivity contribution in [2.45, 2.75) is 0 Å². The topological polar surface area (TPSA) is 43.8 Å². The van der Waals surface area contributed by atoms with Crippen molar-refractivity contribution in [3.63, 3.8) is 0 Å². The van der Waals surface area contributed by atoms with Gasteiger partial charge in [-0.2, -0.15) is 5.10 Å². The average molecular weight is 363 g/mol. The molecule has 0 radical (unpaired) electrons. The van der Waals surface area contributed by atoms with Gasteiger partial charge in [0.05, 0.1) is 5.56 Å². The van der Waals surface area contributed by atoms with Crippen LogP contribution in [0.4, 0.5) is 5.82 Å². The van der Waals surface area contributed by atoms with E-state index in [0.29, 0.717) is 10.8 Å². The van der Waals surface area contributed by atoms with E-state index in [2.05, 4.69) is 21.0 Å². The zero-order valence-corrected chi connectivity index (χ0v) is 13.7. The number of rotatable bonds is 2. The summed E-state index contributed by atoms with van der Waals surface area (Å²) in [7, 11) is 1.84. The van der Waals surface area contributed by atoms with Crippen molar-refractivity contribution in [1.82, 2.24) is 9.78 Å². The first kappa shape index (κ1) is 14.2. The molecule has 3 rings (SSSR count). The Morgan fingerprint density at radius 3 is 2.48 bits per heavy atom. The molecule has 0 aliphatic heterocycles. The average Bonchev–Trinajstić information content (AvgIpc) is 2.76. The van der Waals surface area contributed by atoms with Gasteiger partial charge in [0.1, 0.15) is 11.5 Å². The van der Waals surface area contributed by atoms with Crippen LogP contribution in [0.15, 0.2) is 53.0 Å². The van der Waals surface area contributed by atoms with Crippen molar-refractivity contribution in [2.75, 3.05) is 5.73 Å². The highest BCUT2D eigenvalue weighted by molar-refractivity contribution is 9.10. The lowest BCUT2D eigenvalue weighted by atomic mass is 10.0. The Hall–Kier alpha value is -1.78. The van der Waals surface area contributed by atoms with E-state index in [1.54, 1.807) is 4.68 Å². The van der Waals surface area contributed by atoms with Gasteiger partial charge in [0.15, 0.2) is 0 Å². The third-order valence-corrected chi connectivity index (χ3v) is 4.07. The molecule has 21 heavy (non-hydrogen) atoms. The molecule has 0 fully saturated rings. The number of hydrogen-bond acceptors (Lipinski definition) is 2. The highest BCUT2D eigenvalue weighted by Crippen LogP contribution is 2.36. The fraction of sp³-hybridized carbons (Fsp3) is 0.0625. The zero-order valence-electron chi connectivity index (χ0n) is 11.3. The minimum absolute atomic E-state index is 0.632. The number of hydrogen-bond donors (Lipinski definition) is 1.